The summed E-state index contributed by atoms with van der Waals surface area (Å²) in [6.45, 7) is -2.87. The predicted molar refractivity (Wildman–Crippen MR) is 77.2 cm³/mol. The molecule has 0 amide bonds. The van der Waals surface area contributed by atoms with Gasteiger partial charge in [0.2, 0.25) is 0 Å². The molecular formula is C16H12F2N2O2. The number of rotatable bonds is 5. The summed E-state index contributed by atoms with van der Waals surface area (Å²) in [4.78, 5) is 6.98. The third-order valence-electron chi connectivity index (χ3n) is 2.93. The van der Waals surface area contributed by atoms with E-state index in [1.807, 2.05) is 18.2 Å². The van der Waals surface area contributed by atoms with E-state index in [0.29, 0.717) is 11.5 Å². The summed E-state index contributed by atoms with van der Waals surface area (Å²) in [6, 6.07) is 13.5. The fraction of sp³-hybridized carbons (Fsp3) is 0.0625. The molecule has 0 aliphatic heterocycles. The van der Waals surface area contributed by atoms with Crippen LogP contribution in [0.1, 0.15) is 0 Å². The number of nitrogens with zero attached hydrogens (tertiary/aromatic N) is 1. The Kier molecular flexibility index (Phi) is 4.00. The van der Waals surface area contributed by atoms with Crippen molar-refractivity contribution in [1.29, 1.82) is 0 Å². The van der Waals surface area contributed by atoms with Gasteiger partial charge in [0.15, 0.2) is 0 Å². The Hall–Kier alpha value is -2.89. The van der Waals surface area contributed by atoms with E-state index < -0.39 is 6.61 Å². The van der Waals surface area contributed by atoms with Crippen molar-refractivity contribution in [3.8, 4) is 28.5 Å². The molecule has 1 heterocycles. The molecule has 3 rings (SSSR count). The van der Waals surface area contributed by atoms with Gasteiger partial charge in [-0.05, 0) is 24.3 Å². The van der Waals surface area contributed by atoms with Gasteiger partial charge in [-0.2, -0.15) is 8.78 Å². The number of imidazole rings is 1. The van der Waals surface area contributed by atoms with Crippen LogP contribution in [-0.4, -0.2) is 16.6 Å². The minimum atomic E-state index is -2.87. The molecule has 1 N–H and O–H groups in total. The van der Waals surface area contributed by atoms with Crippen LogP contribution in [0.15, 0.2) is 61.1 Å². The topological polar surface area (TPSA) is 47.1 Å². The molecule has 112 valence electrons. The molecule has 6 heteroatoms. The first-order valence-electron chi connectivity index (χ1n) is 6.53. The Morgan fingerprint density at radius 1 is 1.00 bits per heavy atom. The summed E-state index contributed by atoms with van der Waals surface area (Å²) in [6.07, 6.45) is 3.25. The SMILES string of the molecule is FC(F)Oc1cccc(Oc2ccccc2-c2cnc[nH]2)c1. The lowest BCUT2D eigenvalue weighted by atomic mass is 10.1. The number of hydrogen-bond donors (Lipinski definition) is 1. The zero-order valence-corrected chi connectivity index (χ0v) is 11.4. The number of hydrogen-bond acceptors (Lipinski definition) is 3. The lowest BCUT2D eigenvalue weighted by Crippen LogP contribution is -2.01. The van der Waals surface area contributed by atoms with Gasteiger partial charge in [0.05, 0.1) is 18.2 Å². The fourth-order valence-electron chi connectivity index (χ4n) is 2.02. The standard InChI is InChI=1S/C16H12F2N2O2/c17-16(18)22-12-5-3-4-11(8-12)21-15-7-2-1-6-13(15)14-9-19-10-20-14/h1-10,16H,(H,19,20). The first-order chi connectivity index (χ1) is 10.7. The van der Waals surface area contributed by atoms with E-state index in [0.717, 1.165) is 11.3 Å². The summed E-state index contributed by atoms with van der Waals surface area (Å²) in [5.41, 5.74) is 1.62. The van der Waals surface area contributed by atoms with E-state index >= 15 is 0 Å². The molecule has 0 saturated carbocycles. The first-order valence-corrected chi connectivity index (χ1v) is 6.53. The van der Waals surface area contributed by atoms with Gasteiger partial charge in [-0.15, -0.1) is 0 Å². The van der Waals surface area contributed by atoms with Crippen molar-refractivity contribution in [2.75, 3.05) is 0 Å². The van der Waals surface area contributed by atoms with Crippen LogP contribution in [0.5, 0.6) is 17.2 Å². The second-order valence-corrected chi connectivity index (χ2v) is 4.42. The molecule has 0 saturated heterocycles. The summed E-state index contributed by atoms with van der Waals surface area (Å²) in [7, 11) is 0. The van der Waals surface area contributed by atoms with Gasteiger partial charge in [-0.3, -0.25) is 0 Å². The predicted octanol–water partition coefficient (Wildman–Crippen LogP) is 4.47. The lowest BCUT2D eigenvalue weighted by Gasteiger charge is -2.11. The van der Waals surface area contributed by atoms with E-state index in [9.17, 15) is 8.78 Å². The van der Waals surface area contributed by atoms with Gasteiger partial charge in [0.25, 0.3) is 0 Å². The third kappa shape index (κ3) is 3.22. The van der Waals surface area contributed by atoms with Crippen molar-refractivity contribution in [2.45, 2.75) is 6.61 Å². The Balaban J connectivity index is 1.88. The highest BCUT2D eigenvalue weighted by molar-refractivity contribution is 5.67. The summed E-state index contributed by atoms with van der Waals surface area (Å²) in [5, 5.41) is 0. The lowest BCUT2D eigenvalue weighted by molar-refractivity contribution is -0.0499. The van der Waals surface area contributed by atoms with Gasteiger partial charge < -0.3 is 14.5 Å². The van der Waals surface area contributed by atoms with Crippen LogP contribution >= 0.6 is 0 Å². The Bertz CT molecular complexity index is 745. The van der Waals surface area contributed by atoms with Gasteiger partial charge in [0.1, 0.15) is 17.2 Å². The Labute approximate surface area is 125 Å². The number of aromatic amines is 1. The zero-order valence-electron chi connectivity index (χ0n) is 11.4. The molecule has 22 heavy (non-hydrogen) atoms. The molecule has 0 fully saturated rings. The molecule has 0 unspecified atom stereocenters. The number of aromatic nitrogens is 2. The maximum atomic E-state index is 12.3. The van der Waals surface area contributed by atoms with Crippen molar-refractivity contribution in [1.82, 2.24) is 9.97 Å². The number of ether oxygens (including phenoxy) is 2. The van der Waals surface area contributed by atoms with Crippen molar-refractivity contribution in [2.24, 2.45) is 0 Å². The highest BCUT2D eigenvalue weighted by Gasteiger charge is 2.09. The number of halogens is 2. The van der Waals surface area contributed by atoms with Crippen LogP contribution in [0.25, 0.3) is 11.3 Å². The smallest absolute Gasteiger partial charge is 0.387 e. The highest BCUT2D eigenvalue weighted by Crippen LogP contribution is 2.33. The summed E-state index contributed by atoms with van der Waals surface area (Å²) in [5.74, 6) is 1.04. The maximum absolute atomic E-state index is 12.3. The molecule has 2 aromatic carbocycles. The number of nitrogens with one attached hydrogen (secondary N) is 1. The molecular weight excluding hydrogens is 290 g/mol. The minimum absolute atomic E-state index is 0.0477. The second kappa shape index (κ2) is 6.26. The summed E-state index contributed by atoms with van der Waals surface area (Å²) < 4.78 is 34.7. The molecule has 3 aromatic rings. The average molecular weight is 302 g/mol. The normalized spacial score (nSPS) is 10.7. The second-order valence-electron chi connectivity index (χ2n) is 4.42. The van der Waals surface area contributed by atoms with Crippen molar-refractivity contribution in [3.63, 3.8) is 0 Å². The maximum Gasteiger partial charge on any atom is 0.387 e. The largest absolute Gasteiger partial charge is 0.457 e. The van der Waals surface area contributed by atoms with E-state index in [-0.39, 0.29) is 5.75 Å². The number of alkyl halides is 2. The molecule has 0 aliphatic rings. The minimum Gasteiger partial charge on any atom is -0.457 e. The van der Waals surface area contributed by atoms with Gasteiger partial charge in [0, 0.05) is 11.6 Å². The monoisotopic (exact) mass is 302 g/mol. The van der Waals surface area contributed by atoms with Gasteiger partial charge in [-0.25, -0.2) is 4.98 Å². The number of H-pyrrole nitrogens is 1. The van der Waals surface area contributed by atoms with Crippen LogP contribution in [0.3, 0.4) is 0 Å². The molecule has 0 atom stereocenters. The molecule has 0 bridgehead atoms. The number of benzene rings is 2. The van der Waals surface area contributed by atoms with Crippen molar-refractivity contribution >= 4 is 0 Å². The highest BCUT2D eigenvalue weighted by atomic mass is 19.3. The van der Waals surface area contributed by atoms with Crippen LogP contribution in [0.2, 0.25) is 0 Å². The van der Waals surface area contributed by atoms with E-state index in [1.165, 1.54) is 12.1 Å². The van der Waals surface area contributed by atoms with Gasteiger partial charge >= 0.3 is 6.61 Å². The van der Waals surface area contributed by atoms with Crippen LogP contribution in [0.4, 0.5) is 8.78 Å². The Morgan fingerprint density at radius 2 is 1.82 bits per heavy atom. The van der Waals surface area contributed by atoms with Crippen molar-refractivity contribution < 1.29 is 18.3 Å². The van der Waals surface area contributed by atoms with Crippen LogP contribution in [-0.2, 0) is 0 Å². The van der Waals surface area contributed by atoms with Crippen molar-refractivity contribution in [3.05, 3.63) is 61.1 Å². The molecule has 4 nitrogen and oxygen atoms in total. The first kappa shape index (κ1) is 14.1. The molecule has 0 aliphatic carbocycles. The third-order valence-corrected chi connectivity index (χ3v) is 2.93. The quantitative estimate of drug-likeness (QED) is 0.756. The van der Waals surface area contributed by atoms with E-state index in [4.69, 9.17) is 4.74 Å². The molecule has 0 radical (unpaired) electrons. The summed E-state index contributed by atoms with van der Waals surface area (Å²) >= 11 is 0. The van der Waals surface area contributed by atoms with Crippen LogP contribution < -0.4 is 9.47 Å². The van der Waals surface area contributed by atoms with E-state index in [1.54, 1.807) is 30.7 Å². The van der Waals surface area contributed by atoms with Gasteiger partial charge in [-0.1, -0.05) is 18.2 Å². The molecule has 1 aromatic heterocycles. The Morgan fingerprint density at radius 3 is 2.59 bits per heavy atom. The molecule has 0 spiro atoms. The fourth-order valence-corrected chi connectivity index (χ4v) is 2.02. The average Bonchev–Trinajstić information content (AvgIpc) is 3.01. The van der Waals surface area contributed by atoms with E-state index in [2.05, 4.69) is 14.7 Å². The zero-order chi connectivity index (χ0) is 15.4. The van der Waals surface area contributed by atoms with Crippen LogP contribution in [0, 0.1) is 0 Å². The number of para-hydroxylation sites is 1.